The zero-order chi connectivity index (χ0) is 19.6. The first-order valence-electron chi connectivity index (χ1n) is 8.47. The van der Waals surface area contributed by atoms with Gasteiger partial charge in [-0.3, -0.25) is 0 Å². The normalized spacial score (nSPS) is 13.6. The van der Waals surface area contributed by atoms with Gasteiger partial charge in [-0.05, 0) is 26.0 Å². The van der Waals surface area contributed by atoms with Gasteiger partial charge in [0.25, 0.3) is 0 Å². The molecule has 3 rings (SSSR count). The number of anilines is 1. The maximum atomic E-state index is 14.1. The molecule has 0 saturated carbocycles. The molecule has 2 amide bonds. The second kappa shape index (κ2) is 7.77. The second-order valence-corrected chi connectivity index (χ2v) is 6.35. The van der Waals surface area contributed by atoms with E-state index in [1.807, 2.05) is 0 Å². The highest BCUT2D eigenvalue weighted by atomic mass is 19.1. The number of ether oxygens (including phenoxy) is 2. The summed E-state index contributed by atoms with van der Waals surface area (Å²) in [4.78, 5) is 13.8. The van der Waals surface area contributed by atoms with Crippen LogP contribution in [0, 0.1) is 17.5 Å². The van der Waals surface area contributed by atoms with Gasteiger partial charge in [-0.25, -0.2) is 18.0 Å². The lowest BCUT2D eigenvalue weighted by molar-refractivity contribution is 0.200. The van der Waals surface area contributed by atoms with E-state index in [0.717, 1.165) is 12.1 Å². The number of nitrogens with one attached hydrogen (secondary N) is 1. The summed E-state index contributed by atoms with van der Waals surface area (Å²) in [6.07, 6.45) is -0.401. The number of carbonyl (C=O) groups is 1. The monoisotopic (exact) mass is 380 g/mol. The first-order valence-corrected chi connectivity index (χ1v) is 8.47. The number of carbonyl (C=O) groups excluding carboxylic acids is 1. The van der Waals surface area contributed by atoms with Crippen LogP contribution in [0.4, 0.5) is 23.7 Å². The van der Waals surface area contributed by atoms with E-state index in [9.17, 15) is 18.0 Å². The number of benzene rings is 2. The predicted molar refractivity (Wildman–Crippen MR) is 93.4 cm³/mol. The van der Waals surface area contributed by atoms with Gasteiger partial charge in [-0.15, -0.1) is 0 Å². The molecule has 8 heteroatoms. The number of urea groups is 1. The average Bonchev–Trinajstić information content (AvgIpc) is 2.81. The summed E-state index contributed by atoms with van der Waals surface area (Å²) in [6.45, 7) is 3.64. The number of hydrogen-bond acceptors (Lipinski definition) is 3. The third-order valence-electron chi connectivity index (χ3n) is 3.93. The molecule has 2 aromatic carbocycles. The maximum Gasteiger partial charge on any atom is 0.322 e. The molecule has 0 saturated heterocycles. The SMILES string of the molecule is CC(C)Oc1c(F)cc(NC(=O)N2CCOc3cccc(F)c3C2)cc1F. The minimum Gasteiger partial charge on any atom is -0.491 e. The zero-order valence-corrected chi connectivity index (χ0v) is 14.9. The number of amides is 2. The van der Waals surface area contributed by atoms with E-state index in [1.165, 1.54) is 17.0 Å². The van der Waals surface area contributed by atoms with E-state index < -0.39 is 35.3 Å². The third-order valence-corrected chi connectivity index (χ3v) is 3.93. The number of rotatable bonds is 3. The lowest BCUT2D eigenvalue weighted by atomic mass is 10.2. The Morgan fingerprint density at radius 3 is 2.56 bits per heavy atom. The summed E-state index contributed by atoms with van der Waals surface area (Å²) in [5.41, 5.74) is 0.188. The molecule has 2 aromatic rings. The van der Waals surface area contributed by atoms with Crippen molar-refractivity contribution in [2.75, 3.05) is 18.5 Å². The van der Waals surface area contributed by atoms with E-state index in [1.54, 1.807) is 19.9 Å². The Morgan fingerprint density at radius 1 is 1.19 bits per heavy atom. The van der Waals surface area contributed by atoms with Crippen LogP contribution < -0.4 is 14.8 Å². The molecule has 0 atom stereocenters. The highest BCUT2D eigenvalue weighted by Crippen LogP contribution is 2.28. The van der Waals surface area contributed by atoms with E-state index in [0.29, 0.717) is 5.75 Å². The van der Waals surface area contributed by atoms with Gasteiger partial charge in [0.15, 0.2) is 17.4 Å². The molecule has 0 spiro atoms. The number of nitrogens with zero attached hydrogens (tertiary/aromatic N) is 1. The molecule has 0 radical (unpaired) electrons. The van der Waals surface area contributed by atoms with Gasteiger partial charge >= 0.3 is 6.03 Å². The van der Waals surface area contributed by atoms with Gasteiger partial charge < -0.3 is 19.7 Å². The minimum absolute atomic E-state index is 0.0205. The molecule has 5 nitrogen and oxygen atoms in total. The van der Waals surface area contributed by atoms with Crippen molar-refractivity contribution in [3.63, 3.8) is 0 Å². The molecule has 0 fully saturated rings. The van der Waals surface area contributed by atoms with Crippen molar-refractivity contribution < 1.29 is 27.4 Å². The van der Waals surface area contributed by atoms with Gasteiger partial charge in [0, 0.05) is 23.4 Å². The molecule has 144 valence electrons. The standard InChI is InChI=1S/C19H19F3N2O3/c1-11(2)27-18-15(21)8-12(9-16(18)22)23-19(25)24-6-7-26-17-5-3-4-14(20)13(17)10-24/h3-5,8-9,11H,6-7,10H2,1-2H3,(H,23,25). The molecular formula is C19H19F3N2O3. The predicted octanol–water partition coefficient (Wildman–Crippen LogP) is 4.32. The van der Waals surface area contributed by atoms with Gasteiger partial charge in [0.05, 0.1) is 19.2 Å². The van der Waals surface area contributed by atoms with Crippen molar-refractivity contribution in [2.24, 2.45) is 0 Å². The lowest BCUT2D eigenvalue weighted by Gasteiger charge is -2.21. The molecule has 1 N–H and O–H groups in total. The topological polar surface area (TPSA) is 50.8 Å². The summed E-state index contributed by atoms with van der Waals surface area (Å²) in [6, 6.07) is 5.75. The largest absolute Gasteiger partial charge is 0.491 e. The molecule has 0 unspecified atom stereocenters. The highest BCUT2D eigenvalue weighted by molar-refractivity contribution is 5.89. The molecule has 27 heavy (non-hydrogen) atoms. The van der Waals surface area contributed by atoms with Gasteiger partial charge in [0.2, 0.25) is 0 Å². The Balaban J connectivity index is 1.76. The van der Waals surface area contributed by atoms with E-state index in [-0.39, 0.29) is 30.9 Å². The summed E-state index contributed by atoms with van der Waals surface area (Å²) in [5.74, 6) is -2.46. The third kappa shape index (κ3) is 4.27. The number of halogens is 3. The summed E-state index contributed by atoms with van der Waals surface area (Å²) in [5, 5.41) is 2.43. The quantitative estimate of drug-likeness (QED) is 0.863. The number of fused-ring (bicyclic) bond motifs is 1. The lowest BCUT2D eigenvalue weighted by Crippen LogP contribution is -2.36. The smallest absolute Gasteiger partial charge is 0.322 e. The molecule has 1 aliphatic rings. The van der Waals surface area contributed by atoms with E-state index >= 15 is 0 Å². The molecule has 0 aliphatic carbocycles. The van der Waals surface area contributed by atoms with Crippen LogP contribution in [0.2, 0.25) is 0 Å². The second-order valence-electron chi connectivity index (χ2n) is 6.35. The number of hydrogen-bond donors (Lipinski definition) is 1. The van der Waals surface area contributed by atoms with Crippen molar-refractivity contribution in [3.8, 4) is 11.5 Å². The van der Waals surface area contributed by atoms with Crippen LogP contribution in [0.5, 0.6) is 11.5 Å². The fourth-order valence-electron chi connectivity index (χ4n) is 2.72. The highest BCUT2D eigenvalue weighted by Gasteiger charge is 2.23. The fourth-order valence-corrected chi connectivity index (χ4v) is 2.72. The molecular weight excluding hydrogens is 361 g/mol. The van der Waals surface area contributed by atoms with Crippen molar-refractivity contribution in [2.45, 2.75) is 26.5 Å². The zero-order valence-electron chi connectivity index (χ0n) is 14.9. The Bertz CT molecular complexity index is 835. The Labute approximate surface area is 154 Å². The van der Waals surface area contributed by atoms with Crippen LogP contribution in [-0.4, -0.2) is 30.2 Å². The van der Waals surface area contributed by atoms with Gasteiger partial charge in [0.1, 0.15) is 18.2 Å². The molecule has 0 bridgehead atoms. The maximum absolute atomic E-state index is 14.1. The average molecular weight is 380 g/mol. The summed E-state index contributed by atoms with van der Waals surface area (Å²) >= 11 is 0. The van der Waals surface area contributed by atoms with Crippen molar-refractivity contribution in [3.05, 3.63) is 53.3 Å². The van der Waals surface area contributed by atoms with E-state index in [2.05, 4.69) is 5.32 Å². The Morgan fingerprint density at radius 2 is 1.89 bits per heavy atom. The van der Waals surface area contributed by atoms with Crippen molar-refractivity contribution in [1.82, 2.24) is 4.90 Å². The van der Waals surface area contributed by atoms with Crippen LogP contribution in [0.1, 0.15) is 19.4 Å². The van der Waals surface area contributed by atoms with Crippen LogP contribution >= 0.6 is 0 Å². The van der Waals surface area contributed by atoms with Crippen LogP contribution in [0.15, 0.2) is 30.3 Å². The Kier molecular flexibility index (Phi) is 5.43. The van der Waals surface area contributed by atoms with Gasteiger partial charge in [-0.2, -0.15) is 0 Å². The van der Waals surface area contributed by atoms with Crippen LogP contribution in [0.25, 0.3) is 0 Å². The minimum atomic E-state index is -0.922. The first kappa shape index (κ1) is 18.9. The van der Waals surface area contributed by atoms with E-state index in [4.69, 9.17) is 9.47 Å². The first-order chi connectivity index (χ1) is 12.8. The molecule has 0 aromatic heterocycles. The van der Waals surface area contributed by atoms with Crippen molar-refractivity contribution >= 4 is 11.7 Å². The summed E-state index contributed by atoms with van der Waals surface area (Å²) in [7, 11) is 0. The molecule has 1 heterocycles. The van der Waals surface area contributed by atoms with Gasteiger partial charge in [-0.1, -0.05) is 6.07 Å². The summed E-state index contributed by atoms with van der Waals surface area (Å²) < 4.78 is 52.7. The Hall–Kier alpha value is -2.90. The van der Waals surface area contributed by atoms with Crippen LogP contribution in [0.3, 0.4) is 0 Å². The fraction of sp³-hybridized carbons (Fsp3) is 0.316. The van der Waals surface area contributed by atoms with Crippen LogP contribution in [-0.2, 0) is 6.54 Å². The van der Waals surface area contributed by atoms with Crippen molar-refractivity contribution in [1.29, 1.82) is 0 Å². The molecule has 1 aliphatic heterocycles.